The number of hydrogen-bond acceptors (Lipinski definition) is 2. The van der Waals surface area contributed by atoms with E-state index < -0.39 is 0 Å². The molecule has 21 heavy (non-hydrogen) atoms. The van der Waals surface area contributed by atoms with E-state index in [4.69, 9.17) is 0 Å². The number of carbonyl (C=O) groups excluding carboxylic acids is 1. The van der Waals surface area contributed by atoms with Crippen LogP contribution in [0.4, 0.5) is 0 Å². The van der Waals surface area contributed by atoms with Crippen LogP contribution in [-0.4, -0.2) is 29.1 Å². The number of nitrogens with one attached hydrogen (secondary N) is 1. The Hall–Kier alpha value is -0.570. The lowest BCUT2D eigenvalue weighted by atomic mass is 10.0. The lowest BCUT2D eigenvalue weighted by molar-refractivity contribution is -0.133. The highest BCUT2D eigenvalue weighted by atomic mass is 16.2. The first-order chi connectivity index (χ1) is 10.1. The van der Waals surface area contributed by atoms with Crippen molar-refractivity contribution < 1.29 is 4.79 Å². The van der Waals surface area contributed by atoms with Crippen molar-refractivity contribution in [3.8, 4) is 0 Å². The van der Waals surface area contributed by atoms with Gasteiger partial charge in [0.25, 0.3) is 0 Å². The van der Waals surface area contributed by atoms with Crippen LogP contribution < -0.4 is 5.32 Å². The summed E-state index contributed by atoms with van der Waals surface area (Å²) in [6.45, 7) is 8.95. The van der Waals surface area contributed by atoms with E-state index in [-0.39, 0.29) is 12.2 Å². The summed E-state index contributed by atoms with van der Waals surface area (Å²) in [6, 6.07) is 0.523. The van der Waals surface area contributed by atoms with Gasteiger partial charge in [0, 0.05) is 6.04 Å². The van der Waals surface area contributed by atoms with Crippen LogP contribution in [0.25, 0.3) is 0 Å². The van der Waals surface area contributed by atoms with Gasteiger partial charge in [-0.1, -0.05) is 53.4 Å². The van der Waals surface area contributed by atoms with Gasteiger partial charge in [-0.25, -0.2) is 0 Å². The number of unbranched alkanes of at least 4 members (excludes halogenated alkanes) is 1. The summed E-state index contributed by atoms with van der Waals surface area (Å²) in [5.41, 5.74) is 0. The molecule has 3 heteroatoms. The Labute approximate surface area is 130 Å². The van der Waals surface area contributed by atoms with E-state index in [1.54, 1.807) is 0 Å². The van der Waals surface area contributed by atoms with E-state index in [1.165, 1.54) is 25.7 Å². The van der Waals surface area contributed by atoms with Crippen LogP contribution >= 0.6 is 0 Å². The molecule has 0 aromatic rings. The van der Waals surface area contributed by atoms with Crippen molar-refractivity contribution in [2.75, 3.05) is 0 Å². The monoisotopic (exact) mass is 294 g/mol. The number of carbonyl (C=O) groups is 1. The molecule has 1 saturated carbocycles. The quantitative estimate of drug-likeness (QED) is 0.699. The predicted octanol–water partition coefficient (Wildman–Crippen LogP) is 3.93. The number of rotatable bonds is 9. The molecule has 0 aromatic carbocycles. The molecular weight excluding hydrogens is 260 g/mol. The van der Waals surface area contributed by atoms with Crippen LogP contribution in [-0.2, 0) is 4.79 Å². The number of nitrogens with zero attached hydrogens (tertiary/aromatic N) is 1. The number of amides is 1. The molecule has 2 aliphatic rings. The van der Waals surface area contributed by atoms with Crippen LogP contribution in [0.15, 0.2) is 0 Å². The summed E-state index contributed by atoms with van der Waals surface area (Å²) in [4.78, 5) is 15.1. The first kappa shape index (κ1) is 16.8. The number of hydrogen-bond donors (Lipinski definition) is 1. The molecule has 1 amide bonds. The van der Waals surface area contributed by atoms with Crippen LogP contribution in [0.2, 0.25) is 0 Å². The lowest BCUT2D eigenvalue weighted by Crippen LogP contribution is -2.45. The molecule has 0 aromatic heterocycles. The van der Waals surface area contributed by atoms with E-state index in [0.29, 0.717) is 17.9 Å². The molecule has 1 N–H and O–H groups in total. The lowest BCUT2D eigenvalue weighted by Gasteiger charge is -2.33. The standard InChI is InChI=1S/C18H34N2O/c1-5-7-8-16-18(21)20(17(19-16)11-13(3)4)15(6-2)12-14-9-10-14/h13-17,19H,5-12H2,1-4H3. The third-order valence-electron chi connectivity index (χ3n) is 4.99. The maximum atomic E-state index is 12.9. The summed E-state index contributed by atoms with van der Waals surface area (Å²) in [7, 11) is 0. The molecule has 3 atom stereocenters. The SMILES string of the molecule is CCCCC1NC(CC(C)C)N(C(CC)CC2CC2)C1=O. The Morgan fingerprint density at radius 1 is 1.24 bits per heavy atom. The molecule has 122 valence electrons. The maximum Gasteiger partial charge on any atom is 0.241 e. The van der Waals surface area contributed by atoms with Crippen molar-refractivity contribution in [1.82, 2.24) is 10.2 Å². The van der Waals surface area contributed by atoms with Crippen LogP contribution in [0.5, 0.6) is 0 Å². The molecule has 1 aliphatic heterocycles. The summed E-state index contributed by atoms with van der Waals surface area (Å²) in [6.07, 6.45) is 9.72. The fourth-order valence-electron chi connectivity index (χ4n) is 3.61. The van der Waals surface area contributed by atoms with Gasteiger partial charge in [0.2, 0.25) is 5.91 Å². The van der Waals surface area contributed by atoms with E-state index in [0.717, 1.165) is 31.6 Å². The van der Waals surface area contributed by atoms with Gasteiger partial charge < -0.3 is 4.90 Å². The highest BCUT2D eigenvalue weighted by molar-refractivity contribution is 5.84. The second-order valence-electron chi connectivity index (χ2n) is 7.49. The van der Waals surface area contributed by atoms with Gasteiger partial charge >= 0.3 is 0 Å². The molecule has 2 fully saturated rings. The van der Waals surface area contributed by atoms with Crippen molar-refractivity contribution in [2.24, 2.45) is 11.8 Å². The van der Waals surface area contributed by atoms with Gasteiger partial charge in [-0.2, -0.15) is 0 Å². The van der Waals surface area contributed by atoms with Crippen molar-refractivity contribution in [2.45, 2.75) is 97.3 Å². The Morgan fingerprint density at radius 3 is 2.48 bits per heavy atom. The average Bonchev–Trinajstić information content (AvgIpc) is 3.20. The zero-order chi connectivity index (χ0) is 15.4. The van der Waals surface area contributed by atoms with Crippen LogP contribution in [0, 0.1) is 11.8 Å². The zero-order valence-electron chi connectivity index (χ0n) is 14.4. The minimum absolute atomic E-state index is 0.0713. The van der Waals surface area contributed by atoms with Gasteiger partial charge in [-0.3, -0.25) is 10.1 Å². The molecule has 3 nitrogen and oxygen atoms in total. The topological polar surface area (TPSA) is 32.3 Å². The molecular formula is C18H34N2O. The van der Waals surface area contributed by atoms with Gasteiger partial charge in [0.15, 0.2) is 0 Å². The van der Waals surface area contributed by atoms with E-state index >= 15 is 0 Å². The third kappa shape index (κ3) is 4.45. The molecule has 0 spiro atoms. The van der Waals surface area contributed by atoms with Gasteiger partial charge in [-0.05, 0) is 37.5 Å². The Morgan fingerprint density at radius 2 is 1.95 bits per heavy atom. The molecule has 1 heterocycles. The van der Waals surface area contributed by atoms with Crippen molar-refractivity contribution in [1.29, 1.82) is 0 Å². The van der Waals surface area contributed by atoms with Crippen molar-refractivity contribution >= 4 is 5.91 Å². The highest BCUT2D eigenvalue weighted by Gasteiger charge is 2.42. The molecule has 0 bridgehead atoms. The van der Waals surface area contributed by atoms with Gasteiger partial charge in [0.05, 0.1) is 12.2 Å². The zero-order valence-corrected chi connectivity index (χ0v) is 14.4. The molecule has 0 radical (unpaired) electrons. The van der Waals surface area contributed by atoms with E-state index in [9.17, 15) is 4.79 Å². The smallest absolute Gasteiger partial charge is 0.241 e. The van der Waals surface area contributed by atoms with Crippen LogP contribution in [0.1, 0.15) is 79.1 Å². The first-order valence-corrected chi connectivity index (χ1v) is 9.15. The molecule has 2 rings (SSSR count). The summed E-state index contributed by atoms with van der Waals surface area (Å²) >= 11 is 0. The largest absolute Gasteiger partial charge is 0.323 e. The van der Waals surface area contributed by atoms with Gasteiger partial charge in [0.1, 0.15) is 0 Å². The predicted molar refractivity (Wildman–Crippen MR) is 88.0 cm³/mol. The van der Waals surface area contributed by atoms with Crippen LogP contribution in [0.3, 0.4) is 0 Å². The summed E-state index contributed by atoms with van der Waals surface area (Å²) in [5.74, 6) is 1.89. The molecule has 1 saturated heterocycles. The van der Waals surface area contributed by atoms with E-state index in [2.05, 4.69) is 37.9 Å². The van der Waals surface area contributed by atoms with E-state index in [1.807, 2.05) is 0 Å². The second kappa shape index (κ2) is 7.62. The second-order valence-corrected chi connectivity index (χ2v) is 7.49. The Kier molecular flexibility index (Phi) is 6.09. The summed E-state index contributed by atoms with van der Waals surface area (Å²) in [5, 5.41) is 3.64. The first-order valence-electron chi connectivity index (χ1n) is 9.15. The fraction of sp³-hybridized carbons (Fsp3) is 0.944. The third-order valence-corrected chi connectivity index (χ3v) is 4.99. The maximum absolute atomic E-state index is 12.9. The van der Waals surface area contributed by atoms with Crippen molar-refractivity contribution in [3.05, 3.63) is 0 Å². The summed E-state index contributed by atoms with van der Waals surface area (Å²) < 4.78 is 0. The van der Waals surface area contributed by atoms with Gasteiger partial charge in [-0.15, -0.1) is 0 Å². The highest BCUT2D eigenvalue weighted by Crippen LogP contribution is 2.37. The fourth-order valence-corrected chi connectivity index (χ4v) is 3.61. The minimum atomic E-state index is 0.0713. The minimum Gasteiger partial charge on any atom is -0.323 e. The molecule has 1 aliphatic carbocycles. The average molecular weight is 294 g/mol. The Balaban J connectivity index is 2.05. The van der Waals surface area contributed by atoms with Crippen molar-refractivity contribution in [3.63, 3.8) is 0 Å². The normalized spacial score (nSPS) is 27.7. The Bertz CT molecular complexity index is 338. The molecule has 3 unspecified atom stereocenters.